The Bertz CT molecular complexity index is 339. The molecule has 0 bridgehead atoms. The summed E-state index contributed by atoms with van der Waals surface area (Å²) in [6, 6.07) is 0.251. The van der Waals surface area contributed by atoms with Gasteiger partial charge in [0.15, 0.2) is 0 Å². The summed E-state index contributed by atoms with van der Waals surface area (Å²) in [5, 5.41) is 0. The first-order valence-electron chi connectivity index (χ1n) is 6.18. The zero-order chi connectivity index (χ0) is 11.3. The molecular formula is C12H17NO3. The predicted molar refractivity (Wildman–Crippen MR) is 56.5 cm³/mol. The van der Waals surface area contributed by atoms with Crippen molar-refractivity contribution in [3.05, 3.63) is 0 Å². The third kappa shape index (κ3) is 1.28. The molecule has 0 aromatic carbocycles. The van der Waals surface area contributed by atoms with Gasteiger partial charge in [-0.25, -0.2) is 0 Å². The topological polar surface area (TPSA) is 46.6 Å². The van der Waals surface area contributed by atoms with Crippen LogP contribution in [0.3, 0.4) is 0 Å². The van der Waals surface area contributed by atoms with E-state index in [9.17, 15) is 9.59 Å². The Balaban J connectivity index is 1.91. The summed E-state index contributed by atoms with van der Waals surface area (Å²) in [6.07, 6.45) is 3.49. The van der Waals surface area contributed by atoms with Crippen molar-refractivity contribution in [1.82, 2.24) is 4.90 Å². The van der Waals surface area contributed by atoms with Gasteiger partial charge in [0.25, 0.3) is 0 Å². The van der Waals surface area contributed by atoms with E-state index >= 15 is 0 Å². The van der Waals surface area contributed by atoms with Gasteiger partial charge in [-0.2, -0.15) is 0 Å². The van der Waals surface area contributed by atoms with Gasteiger partial charge in [0, 0.05) is 24.9 Å². The number of ether oxygens (including phenoxy) is 1. The van der Waals surface area contributed by atoms with Crippen LogP contribution in [0.5, 0.6) is 0 Å². The highest BCUT2D eigenvalue weighted by atomic mass is 16.6. The first-order chi connectivity index (χ1) is 7.68. The minimum Gasteiger partial charge on any atom is -0.462 e. The van der Waals surface area contributed by atoms with Crippen molar-refractivity contribution in [1.29, 1.82) is 0 Å². The van der Waals surface area contributed by atoms with Crippen molar-refractivity contribution in [2.75, 3.05) is 6.54 Å². The molecule has 0 spiro atoms. The zero-order valence-corrected chi connectivity index (χ0v) is 9.52. The number of hydrogen-bond donors (Lipinski definition) is 0. The third-order valence-corrected chi connectivity index (χ3v) is 4.35. The maximum Gasteiger partial charge on any atom is 0.309 e. The number of amides is 1. The first kappa shape index (κ1) is 10.1. The maximum atomic E-state index is 11.7. The van der Waals surface area contributed by atoms with E-state index in [-0.39, 0.29) is 35.9 Å². The minimum atomic E-state index is -0.0730. The van der Waals surface area contributed by atoms with E-state index in [1.807, 2.05) is 11.8 Å². The molecule has 3 saturated heterocycles. The Kier molecular flexibility index (Phi) is 2.19. The fourth-order valence-electron chi connectivity index (χ4n) is 3.56. The van der Waals surface area contributed by atoms with E-state index < -0.39 is 0 Å². The van der Waals surface area contributed by atoms with Crippen LogP contribution in [0.4, 0.5) is 0 Å². The molecule has 3 fully saturated rings. The smallest absolute Gasteiger partial charge is 0.309 e. The Hall–Kier alpha value is -1.06. The van der Waals surface area contributed by atoms with Gasteiger partial charge < -0.3 is 9.64 Å². The molecule has 0 radical (unpaired) electrons. The van der Waals surface area contributed by atoms with Gasteiger partial charge >= 0.3 is 5.97 Å². The SMILES string of the molecule is C[C@@H]1C(=O)O[C@H]2CCCN3C(=O)CC[C@@H]3[C@H]21. The largest absolute Gasteiger partial charge is 0.462 e. The fourth-order valence-corrected chi connectivity index (χ4v) is 3.56. The van der Waals surface area contributed by atoms with Crippen LogP contribution >= 0.6 is 0 Å². The highest BCUT2D eigenvalue weighted by Gasteiger charge is 2.51. The molecule has 0 aromatic heterocycles. The summed E-state index contributed by atoms with van der Waals surface area (Å²) in [7, 11) is 0. The van der Waals surface area contributed by atoms with E-state index in [1.165, 1.54) is 0 Å². The lowest BCUT2D eigenvalue weighted by molar-refractivity contribution is -0.144. The summed E-state index contributed by atoms with van der Waals surface area (Å²) in [5.41, 5.74) is 0. The van der Waals surface area contributed by atoms with Crippen LogP contribution in [0.25, 0.3) is 0 Å². The van der Waals surface area contributed by atoms with Crippen molar-refractivity contribution >= 4 is 11.9 Å². The number of fused-ring (bicyclic) bond motifs is 3. The summed E-state index contributed by atoms with van der Waals surface area (Å²) < 4.78 is 5.42. The molecule has 1 amide bonds. The quantitative estimate of drug-likeness (QED) is 0.574. The molecule has 88 valence electrons. The number of hydrogen-bond acceptors (Lipinski definition) is 3. The minimum absolute atomic E-state index is 0.0403. The molecule has 4 atom stereocenters. The van der Waals surface area contributed by atoms with E-state index in [4.69, 9.17) is 4.74 Å². The van der Waals surface area contributed by atoms with Crippen molar-refractivity contribution in [3.63, 3.8) is 0 Å². The van der Waals surface area contributed by atoms with Crippen LogP contribution in [0.2, 0.25) is 0 Å². The Morgan fingerprint density at radius 2 is 2.12 bits per heavy atom. The Labute approximate surface area is 94.9 Å². The predicted octanol–water partition coefficient (Wildman–Crippen LogP) is 0.949. The molecular weight excluding hydrogens is 206 g/mol. The van der Waals surface area contributed by atoms with Crippen LogP contribution < -0.4 is 0 Å². The molecule has 3 rings (SSSR count). The number of carbonyl (C=O) groups is 2. The van der Waals surface area contributed by atoms with E-state index in [0.29, 0.717) is 6.42 Å². The van der Waals surface area contributed by atoms with Crippen molar-refractivity contribution in [2.45, 2.75) is 44.8 Å². The van der Waals surface area contributed by atoms with Crippen molar-refractivity contribution < 1.29 is 14.3 Å². The maximum absolute atomic E-state index is 11.7. The normalized spacial score (nSPS) is 42.7. The van der Waals surface area contributed by atoms with Gasteiger partial charge in [-0.15, -0.1) is 0 Å². The molecule has 0 N–H and O–H groups in total. The molecule has 3 aliphatic heterocycles. The molecule has 4 heteroatoms. The molecule has 4 nitrogen and oxygen atoms in total. The third-order valence-electron chi connectivity index (χ3n) is 4.35. The van der Waals surface area contributed by atoms with Crippen molar-refractivity contribution in [2.24, 2.45) is 11.8 Å². The summed E-state index contributed by atoms with van der Waals surface area (Å²) >= 11 is 0. The fraction of sp³-hybridized carbons (Fsp3) is 0.833. The molecule has 16 heavy (non-hydrogen) atoms. The van der Waals surface area contributed by atoms with Gasteiger partial charge in [0.2, 0.25) is 5.91 Å². The van der Waals surface area contributed by atoms with Crippen LogP contribution in [0, 0.1) is 11.8 Å². The van der Waals surface area contributed by atoms with Crippen LogP contribution in [-0.4, -0.2) is 35.5 Å². The molecule has 0 aliphatic carbocycles. The average Bonchev–Trinajstić information content (AvgIpc) is 2.67. The number of esters is 1. The van der Waals surface area contributed by atoms with Crippen LogP contribution in [0.15, 0.2) is 0 Å². The molecule has 0 saturated carbocycles. The highest BCUT2D eigenvalue weighted by molar-refractivity contribution is 5.80. The second kappa shape index (κ2) is 3.47. The van der Waals surface area contributed by atoms with Gasteiger partial charge in [0.05, 0.1) is 5.92 Å². The lowest BCUT2D eigenvalue weighted by atomic mass is 9.83. The standard InChI is InChI=1S/C12H17NO3/c1-7-11-8-4-5-10(14)13(8)6-2-3-9(11)16-12(7)15/h7-9,11H,2-6H2,1H3/t7-,8+,9-,11+/m0/s1. The van der Waals surface area contributed by atoms with Crippen LogP contribution in [0.1, 0.15) is 32.6 Å². The van der Waals surface area contributed by atoms with Gasteiger partial charge in [-0.3, -0.25) is 9.59 Å². The summed E-state index contributed by atoms with van der Waals surface area (Å²) in [5.74, 6) is 0.386. The number of rotatable bonds is 0. The van der Waals surface area contributed by atoms with Crippen LogP contribution in [-0.2, 0) is 14.3 Å². The summed E-state index contributed by atoms with van der Waals surface area (Å²) in [4.78, 5) is 25.3. The molecule has 0 aromatic rings. The second-order valence-corrected chi connectivity index (χ2v) is 5.18. The van der Waals surface area contributed by atoms with Gasteiger partial charge in [0.1, 0.15) is 6.10 Å². The van der Waals surface area contributed by atoms with E-state index in [0.717, 1.165) is 25.8 Å². The Morgan fingerprint density at radius 1 is 1.31 bits per heavy atom. The first-order valence-corrected chi connectivity index (χ1v) is 6.18. The number of carbonyl (C=O) groups excluding carboxylic acids is 2. The lowest BCUT2D eigenvalue weighted by Gasteiger charge is -2.29. The zero-order valence-electron chi connectivity index (χ0n) is 9.52. The second-order valence-electron chi connectivity index (χ2n) is 5.18. The van der Waals surface area contributed by atoms with E-state index in [2.05, 4.69) is 0 Å². The van der Waals surface area contributed by atoms with Crippen molar-refractivity contribution in [3.8, 4) is 0 Å². The van der Waals surface area contributed by atoms with Gasteiger partial charge in [-0.1, -0.05) is 6.92 Å². The molecule has 3 aliphatic rings. The molecule has 3 heterocycles. The number of nitrogens with zero attached hydrogens (tertiary/aromatic N) is 1. The summed E-state index contributed by atoms with van der Waals surface area (Å²) in [6.45, 7) is 2.79. The van der Waals surface area contributed by atoms with Gasteiger partial charge in [-0.05, 0) is 19.3 Å². The molecule has 0 unspecified atom stereocenters. The monoisotopic (exact) mass is 223 g/mol. The average molecular weight is 223 g/mol. The van der Waals surface area contributed by atoms with E-state index in [1.54, 1.807) is 0 Å². The lowest BCUT2D eigenvalue weighted by Crippen LogP contribution is -2.41. The Morgan fingerprint density at radius 3 is 2.94 bits per heavy atom. The highest BCUT2D eigenvalue weighted by Crippen LogP contribution is 2.41.